The van der Waals surface area contributed by atoms with Gasteiger partial charge in [-0.05, 0) is 194 Å². The molecule has 2 nitrogen and oxygen atoms in total. The van der Waals surface area contributed by atoms with Crippen molar-refractivity contribution in [2.75, 3.05) is 10.2 Å². The van der Waals surface area contributed by atoms with E-state index < -0.39 is 0 Å². The first kappa shape index (κ1) is 44.9. The average molecular weight is 898 g/mol. The van der Waals surface area contributed by atoms with Gasteiger partial charge in [-0.25, -0.2) is 0 Å². The molecule has 0 fully saturated rings. The van der Waals surface area contributed by atoms with Crippen molar-refractivity contribution < 1.29 is 0 Å². The average Bonchev–Trinajstić information content (AvgIpc) is 3.34. The summed E-state index contributed by atoms with van der Waals surface area (Å²) in [5, 5.41) is 4.07. The van der Waals surface area contributed by atoms with Crippen molar-refractivity contribution in [2.45, 2.75) is 117 Å². The Morgan fingerprint density at radius 3 is 1.52 bits per heavy atom. The van der Waals surface area contributed by atoms with Crippen LogP contribution in [0.1, 0.15) is 114 Å². The normalized spacial score (nSPS) is 16.9. The number of benzene rings is 8. The number of aryl methyl sites for hydroxylation is 2. The number of anilines is 5. The Morgan fingerprint density at radius 2 is 0.913 bits per heavy atom. The van der Waals surface area contributed by atoms with Crippen LogP contribution in [0.25, 0.3) is 44.5 Å². The van der Waals surface area contributed by atoms with Crippen LogP contribution in [0, 0.1) is 13.8 Å². The summed E-state index contributed by atoms with van der Waals surface area (Å²) in [5.74, 6) is 0. The molecule has 0 spiro atoms. The van der Waals surface area contributed by atoms with Crippen molar-refractivity contribution in [1.82, 2.24) is 0 Å². The summed E-state index contributed by atoms with van der Waals surface area (Å²) in [4.78, 5) is 2.62. The van der Waals surface area contributed by atoms with Crippen LogP contribution in [0.15, 0.2) is 164 Å². The number of hydrogen-bond donors (Lipinski definition) is 1. The highest BCUT2D eigenvalue weighted by Crippen LogP contribution is 2.52. The molecular formula is C66H66BN2. The number of hydrogen-bond acceptors (Lipinski definition) is 2. The fraction of sp³-hybridized carbons (Fsp3) is 0.273. The molecule has 3 heteroatoms. The molecule has 1 aliphatic heterocycles. The van der Waals surface area contributed by atoms with Gasteiger partial charge in [-0.3, -0.25) is 0 Å². The molecule has 0 saturated heterocycles. The molecule has 3 aliphatic rings. The molecule has 0 unspecified atom stereocenters. The fourth-order valence-corrected chi connectivity index (χ4v) is 11.9. The molecule has 343 valence electrons. The van der Waals surface area contributed by atoms with Crippen LogP contribution < -0.4 is 21.1 Å². The van der Waals surface area contributed by atoms with E-state index in [1.165, 1.54) is 112 Å². The lowest BCUT2D eigenvalue weighted by atomic mass is 9.54. The lowest BCUT2D eigenvalue weighted by Crippen LogP contribution is -2.44. The van der Waals surface area contributed by atoms with E-state index in [0.29, 0.717) is 0 Å². The Morgan fingerprint density at radius 1 is 0.391 bits per heavy atom. The summed E-state index contributed by atoms with van der Waals surface area (Å²) in [7, 11) is 2.54. The Balaban J connectivity index is 1.20. The second-order valence-corrected chi connectivity index (χ2v) is 23.1. The fourth-order valence-electron chi connectivity index (χ4n) is 11.9. The summed E-state index contributed by atoms with van der Waals surface area (Å²) < 4.78 is 0. The standard InChI is InChI=1S/C66H66BN2/c1-42-19-17-18-24-50(42)48-36-52(51-38-53-55(65(7,8)33-31-63(53,3)4)40-58(51)68-49-28-25-46(26-29-49)44-20-13-11-14-21-44)62-61(37-48)69(59-30-27-47(35-43(59)2)45-22-15-12-16-23-45)60-41-56-54(39-57(60)67-62)64(5,6)32-34-66(56,9)10/h11-30,35-41,68H,31-34H2,1-10H3. The first-order valence-electron chi connectivity index (χ1n) is 25.3. The predicted molar refractivity (Wildman–Crippen MR) is 298 cm³/mol. The van der Waals surface area contributed by atoms with Crippen LogP contribution in [0.4, 0.5) is 28.4 Å². The molecule has 2 aliphatic carbocycles. The third-order valence-electron chi connectivity index (χ3n) is 16.5. The maximum atomic E-state index is 4.07. The van der Waals surface area contributed by atoms with Gasteiger partial charge < -0.3 is 10.2 Å². The SMILES string of the molecule is Cc1ccccc1-c1cc(-c2cc3c(cc2Nc2ccc(-c4ccccc4)cc2)C(C)(C)CCC3(C)C)c2c(c1)N(c1ccc(-c3ccccc3)cc1C)c1cc3c(cc1[B]2)C(C)(C)CCC3(C)C. The molecule has 1 N–H and O–H groups in total. The van der Waals surface area contributed by atoms with Gasteiger partial charge in [0.25, 0.3) is 0 Å². The minimum atomic E-state index is 0.0144. The van der Waals surface area contributed by atoms with Crippen molar-refractivity contribution in [3.05, 3.63) is 197 Å². The van der Waals surface area contributed by atoms with E-state index in [0.717, 1.165) is 30.6 Å². The molecule has 1 radical (unpaired) electrons. The zero-order valence-electron chi connectivity index (χ0n) is 42.4. The van der Waals surface area contributed by atoms with E-state index in [1.807, 2.05) is 0 Å². The highest BCUT2D eigenvalue weighted by Gasteiger charge is 2.41. The Bertz CT molecular complexity index is 3280. The lowest BCUT2D eigenvalue weighted by molar-refractivity contribution is 0.332. The van der Waals surface area contributed by atoms with Gasteiger partial charge in [-0.1, -0.05) is 170 Å². The quantitative estimate of drug-likeness (QED) is 0.160. The molecule has 0 atom stereocenters. The zero-order chi connectivity index (χ0) is 48.0. The van der Waals surface area contributed by atoms with Crippen molar-refractivity contribution in [3.63, 3.8) is 0 Å². The highest BCUT2D eigenvalue weighted by atomic mass is 15.2. The minimum absolute atomic E-state index is 0.0144. The van der Waals surface area contributed by atoms with Gasteiger partial charge >= 0.3 is 0 Å². The van der Waals surface area contributed by atoms with E-state index in [1.54, 1.807) is 0 Å². The van der Waals surface area contributed by atoms with Crippen molar-refractivity contribution in [3.8, 4) is 44.5 Å². The number of fused-ring (bicyclic) bond motifs is 4. The van der Waals surface area contributed by atoms with Gasteiger partial charge in [0.1, 0.15) is 0 Å². The van der Waals surface area contributed by atoms with Gasteiger partial charge in [0.2, 0.25) is 0 Å². The summed E-state index contributed by atoms with van der Waals surface area (Å²) in [6.07, 6.45) is 4.62. The maximum Gasteiger partial charge on any atom is 0.197 e. The molecule has 11 rings (SSSR count). The molecule has 8 aromatic rings. The molecule has 0 saturated carbocycles. The minimum Gasteiger partial charge on any atom is -0.355 e. The Hall–Kier alpha value is -6.58. The Kier molecular flexibility index (Phi) is 10.8. The molecule has 8 aromatic carbocycles. The van der Waals surface area contributed by atoms with Crippen LogP contribution >= 0.6 is 0 Å². The van der Waals surface area contributed by atoms with Crippen LogP contribution in [-0.4, -0.2) is 7.28 Å². The van der Waals surface area contributed by atoms with Gasteiger partial charge in [0.05, 0.1) is 0 Å². The molecule has 0 bridgehead atoms. The molecule has 0 aromatic heterocycles. The number of rotatable bonds is 7. The molecular weight excluding hydrogens is 832 g/mol. The van der Waals surface area contributed by atoms with E-state index in [2.05, 4.69) is 251 Å². The summed E-state index contributed by atoms with van der Waals surface area (Å²) in [5.41, 5.74) is 26.7. The molecule has 0 amide bonds. The summed E-state index contributed by atoms with van der Waals surface area (Å²) in [6, 6.07) is 61.7. The van der Waals surface area contributed by atoms with Crippen LogP contribution in [0.5, 0.6) is 0 Å². The second-order valence-electron chi connectivity index (χ2n) is 23.1. The number of nitrogens with zero attached hydrogens (tertiary/aromatic N) is 1. The maximum absolute atomic E-state index is 4.07. The largest absolute Gasteiger partial charge is 0.355 e. The molecule has 1 heterocycles. The van der Waals surface area contributed by atoms with Gasteiger partial charge in [-0.2, -0.15) is 0 Å². The zero-order valence-corrected chi connectivity index (χ0v) is 42.4. The summed E-state index contributed by atoms with van der Waals surface area (Å²) >= 11 is 0. The van der Waals surface area contributed by atoms with E-state index >= 15 is 0 Å². The number of nitrogens with one attached hydrogen (secondary N) is 1. The predicted octanol–water partition coefficient (Wildman–Crippen LogP) is 16.9. The highest BCUT2D eigenvalue weighted by molar-refractivity contribution is 6.73. The van der Waals surface area contributed by atoms with Crippen molar-refractivity contribution in [1.29, 1.82) is 0 Å². The lowest BCUT2D eigenvalue weighted by Gasteiger charge is -2.45. The van der Waals surface area contributed by atoms with Crippen LogP contribution in [0.3, 0.4) is 0 Å². The van der Waals surface area contributed by atoms with E-state index in [9.17, 15) is 0 Å². The second kappa shape index (κ2) is 16.5. The van der Waals surface area contributed by atoms with E-state index in [4.69, 9.17) is 0 Å². The van der Waals surface area contributed by atoms with Crippen molar-refractivity contribution >= 4 is 46.6 Å². The summed E-state index contributed by atoms with van der Waals surface area (Å²) in [6.45, 7) is 24.2. The molecule has 69 heavy (non-hydrogen) atoms. The first-order chi connectivity index (χ1) is 33.0. The van der Waals surface area contributed by atoms with Crippen LogP contribution in [0.2, 0.25) is 0 Å². The third kappa shape index (κ3) is 7.93. The van der Waals surface area contributed by atoms with E-state index in [-0.39, 0.29) is 21.7 Å². The van der Waals surface area contributed by atoms with Crippen LogP contribution in [-0.2, 0) is 21.7 Å². The smallest absolute Gasteiger partial charge is 0.197 e. The Labute approximate surface area is 413 Å². The van der Waals surface area contributed by atoms with Gasteiger partial charge in [0, 0.05) is 34.0 Å². The topological polar surface area (TPSA) is 15.3 Å². The van der Waals surface area contributed by atoms with Gasteiger partial charge in [-0.15, -0.1) is 0 Å². The third-order valence-corrected chi connectivity index (χ3v) is 16.5. The monoisotopic (exact) mass is 898 g/mol. The first-order valence-corrected chi connectivity index (χ1v) is 25.3. The van der Waals surface area contributed by atoms with Crippen molar-refractivity contribution in [2.24, 2.45) is 0 Å². The van der Waals surface area contributed by atoms with Gasteiger partial charge in [0.15, 0.2) is 7.28 Å².